The van der Waals surface area contributed by atoms with Crippen LogP contribution in [0.1, 0.15) is 24.8 Å². The number of fused-ring (bicyclic) bond motifs is 2. The third kappa shape index (κ3) is 4.87. The maximum absolute atomic E-state index is 11.5. The zero-order valence-electron chi connectivity index (χ0n) is 16.3. The van der Waals surface area contributed by atoms with Crippen LogP contribution >= 0.6 is 0 Å². The number of ether oxygens (including phenoxy) is 1. The van der Waals surface area contributed by atoms with E-state index >= 15 is 0 Å². The van der Waals surface area contributed by atoms with Crippen LogP contribution in [0, 0.1) is 24.2 Å². The molecule has 2 aliphatic rings. The van der Waals surface area contributed by atoms with E-state index in [4.69, 9.17) is 10.00 Å². The minimum atomic E-state index is -0.0351. The Morgan fingerprint density at radius 1 is 1.29 bits per heavy atom. The number of hydrogen-bond donors (Lipinski definition) is 2. The lowest BCUT2D eigenvalue weighted by Gasteiger charge is -2.21. The van der Waals surface area contributed by atoms with Crippen molar-refractivity contribution in [1.29, 1.82) is 5.26 Å². The van der Waals surface area contributed by atoms with E-state index in [1.54, 1.807) is 13.3 Å². The van der Waals surface area contributed by atoms with Gasteiger partial charge in [-0.3, -0.25) is 4.79 Å². The third-order valence-electron chi connectivity index (χ3n) is 5.31. The number of nitrogens with zero attached hydrogens (tertiary/aromatic N) is 2. The van der Waals surface area contributed by atoms with Gasteiger partial charge >= 0.3 is 0 Å². The number of hydrogen-bond acceptors (Lipinski definition) is 5. The quantitative estimate of drug-likeness (QED) is 0.799. The van der Waals surface area contributed by atoms with Crippen LogP contribution in [0.3, 0.4) is 0 Å². The number of nitriles is 1. The fraction of sp³-hybridized carbons (Fsp3) is 0.409. The van der Waals surface area contributed by atoms with Crippen molar-refractivity contribution >= 4 is 5.91 Å². The summed E-state index contributed by atoms with van der Waals surface area (Å²) in [6, 6.07) is 14.7. The number of piperidine rings is 1. The van der Waals surface area contributed by atoms with Crippen molar-refractivity contribution in [3.05, 3.63) is 48.2 Å². The number of pyridine rings is 1. The summed E-state index contributed by atoms with van der Waals surface area (Å²) < 4.78 is 5.09. The van der Waals surface area contributed by atoms with Gasteiger partial charge in [-0.15, -0.1) is 0 Å². The van der Waals surface area contributed by atoms with E-state index < -0.39 is 0 Å². The highest BCUT2D eigenvalue weighted by atomic mass is 16.5. The van der Waals surface area contributed by atoms with Crippen molar-refractivity contribution in [1.82, 2.24) is 15.6 Å². The van der Waals surface area contributed by atoms with Crippen LogP contribution in [0.5, 0.6) is 5.88 Å². The second kappa shape index (κ2) is 9.34. The van der Waals surface area contributed by atoms with E-state index in [2.05, 4.69) is 46.8 Å². The van der Waals surface area contributed by atoms with Crippen molar-refractivity contribution < 1.29 is 9.53 Å². The number of aromatic nitrogens is 1. The highest BCUT2D eigenvalue weighted by Crippen LogP contribution is 2.35. The normalized spacial score (nSPS) is 22.0. The van der Waals surface area contributed by atoms with E-state index in [0.717, 1.165) is 18.4 Å². The molecule has 3 atom stereocenters. The lowest BCUT2D eigenvalue weighted by Crippen LogP contribution is -2.47. The molecule has 1 aromatic heterocycles. The Hall–Kier alpha value is -2.91. The van der Waals surface area contributed by atoms with Gasteiger partial charge in [-0.05, 0) is 49.3 Å². The maximum atomic E-state index is 11.5. The molecule has 1 saturated carbocycles. The SMILES string of the molecule is COc1cc(-c2ccc(C)cc2)ccn1.N#CCNC(=O)C1NC2CCC1C2. The molecule has 2 heterocycles. The molecule has 146 valence electrons. The van der Waals surface area contributed by atoms with Crippen molar-refractivity contribution in [2.24, 2.45) is 5.92 Å². The highest BCUT2D eigenvalue weighted by molar-refractivity contribution is 5.82. The first-order chi connectivity index (χ1) is 13.6. The number of aryl methyl sites for hydroxylation is 1. The number of carbonyl (C=O) groups excluding carboxylic acids is 1. The molecule has 2 bridgehead atoms. The summed E-state index contributed by atoms with van der Waals surface area (Å²) in [5.41, 5.74) is 3.57. The molecule has 1 aliphatic heterocycles. The minimum Gasteiger partial charge on any atom is -0.481 e. The zero-order chi connectivity index (χ0) is 19.9. The molecule has 1 amide bonds. The van der Waals surface area contributed by atoms with Crippen LogP contribution < -0.4 is 15.4 Å². The first-order valence-corrected chi connectivity index (χ1v) is 9.58. The van der Waals surface area contributed by atoms with Crippen molar-refractivity contribution in [3.63, 3.8) is 0 Å². The number of rotatable bonds is 4. The van der Waals surface area contributed by atoms with Gasteiger partial charge < -0.3 is 15.4 Å². The summed E-state index contributed by atoms with van der Waals surface area (Å²) >= 11 is 0. The maximum Gasteiger partial charge on any atom is 0.238 e. The highest BCUT2D eigenvalue weighted by Gasteiger charge is 2.42. The first-order valence-electron chi connectivity index (χ1n) is 9.58. The van der Waals surface area contributed by atoms with E-state index in [-0.39, 0.29) is 18.5 Å². The average Bonchev–Trinajstić information content (AvgIpc) is 3.37. The Labute approximate surface area is 165 Å². The molecule has 1 aromatic carbocycles. The Kier molecular flexibility index (Phi) is 6.62. The summed E-state index contributed by atoms with van der Waals surface area (Å²) in [7, 11) is 1.63. The van der Waals surface area contributed by atoms with Gasteiger partial charge in [-0.1, -0.05) is 29.8 Å². The molecular weight excluding hydrogens is 352 g/mol. The summed E-state index contributed by atoms with van der Waals surface area (Å²) in [5, 5.41) is 14.2. The minimum absolute atomic E-state index is 0.00579. The summed E-state index contributed by atoms with van der Waals surface area (Å²) in [6.07, 6.45) is 5.24. The van der Waals surface area contributed by atoms with Crippen molar-refractivity contribution in [2.45, 2.75) is 38.3 Å². The largest absolute Gasteiger partial charge is 0.481 e. The molecule has 0 spiro atoms. The number of carbonyl (C=O) groups is 1. The number of methoxy groups -OCH3 is 1. The van der Waals surface area contributed by atoms with Crippen LogP contribution in [0.25, 0.3) is 11.1 Å². The van der Waals surface area contributed by atoms with Gasteiger partial charge in [0, 0.05) is 18.3 Å². The molecule has 4 rings (SSSR count). The number of benzene rings is 1. The Morgan fingerprint density at radius 3 is 2.68 bits per heavy atom. The third-order valence-corrected chi connectivity index (χ3v) is 5.31. The van der Waals surface area contributed by atoms with E-state index in [1.807, 2.05) is 18.2 Å². The molecule has 6 heteroatoms. The summed E-state index contributed by atoms with van der Waals surface area (Å²) in [5.74, 6) is 1.14. The van der Waals surface area contributed by atoms with Crippen LogP contribution in [0.2, 0.25) is 0 Å². The Morgan fingerprint density at radius 2 is 2.07 bits per heavy atom. The lowest BCUT2D eigenvalue weighted by molar-refractivity contribution is -0.123. The Balaban J connectivity index is 0.000000162. The van der Waals surface area contributed by atoms with Gasteiger partial charge in [0.15, 0.2) is 0 Å². The molecule has 2 fully saturated rings. The van der Waals surface area contributed by atoms with Gasteiger partial charge in [0.05, 0.1) is 19.2 Å². The van der Waals surface area contributed by atoms with Crippen molar-refractivity contribution in [2.75, 3.05) is 13.7 Å². The standard InChI is InChI=1S/C13H13NO.C9H13N3O/c1-10-3-5-11(6-4-10)12-7-8-14-13(9-12)15-2;10-3-4-11-9(13)8-6-1-2-7(5-6)12-8/h3-9H,1-2H3;6-8,12H,1-2,4-5H2,(H,11,13). The smallest absolute Gasteiger partial charge is 0.238 e. The van der Waals surface area contributed by atoms with Gasteiger partial charge in [-0.2, -0.15) is 5.26 Å². The lowest BCUT2D eigenvalue weighted by atomic mass is 9.99. The molecule has 1 saturated heterocycles. The molecule has 3 unspecified atom stereocenters. The van der Waals surface area contributed by atoms with Gasteiger partial charge in [0.1, 0.15) is 6.54 Å². The zero-order valence-corrected chi connectivity index (χ0v) is 16.3. The summed E-state index contributed by atoms with van der Waals surface area (Å²) in [6.45, 7) is 2.20. The number of nitrogens with one attached hydrogen (secondary N) is 2. The summed E-state index contributed by atoms with van der Waals surface area (Å²) in [4.78, 5) is 15.5. The topological polar surface area (TPSA) is 87.0 Å². The van der Waals surface area contributed by atoms with Crippen LogP contribution in [-0.4, -0.2) is 36.6 Å². The average molecular weight is 378 g/mol. The van der Waals surface area contributed by atoms with Crippen LogP contribution in [-0.2, 0) is 4.79 Å². The number of amides is 1. The molecule has 6 nitrogen and oxygen atoms in total. The molecule has 2 aromatic rings. The molecule has 28 heavy (non-hydrogen) atoms. The Bertz CT molecular complexity index is 844. The van der Waals surface area contributed by atoms with E-state index in [0.29, 0.717) is 17.8 Å². The molecule has 1 aliphatic carbocycles. The van der Waals surface area contributed by atoms with Gasteiger partial charge in [-0.25, -0.2) is 4.98 Å². The van der Waals surface area contributed by atoms with Crippen LogP contribution in [0.15, 0.2) is 42.6 Å². The van der Waals surface area contributed by atoms with Gasteiger partial charge in [0.25, 0.3) is 0 Å². The first kappa shape index (κ1) is 19.8. The fourth-order valence-corrected chi connectivity index (χ4v) is 3.83. The molecule has 0 radical (unpaired) electrons. The van der Waals surface area contributed by atoms with Crippen molar-refractivity contribution in [3.8, 4) is 23.1 Å². The monoisotopic (exact) mass is 378 g/mol. The molecule has 2 N–H and O–H groups in total. The predicted octanol–water partition coefficient (Wildman–Crippen LogP) is 2.83. The fourth-order valence-electron chi connectivity index (χ4n) is 3.83. The van der Waals surface area contributed by atoms with E-state index in [9.17, 15) is 4.79 Å². The van der Waals surface area contributed by atoms with Crippen LogP contribution in [0.4, 0.5) is 0 Å². The predicted molar refractivity (Wildman–Crippen MR) is 108 cm³/mol. The molecular formula is C22H26N4O2. The second-order valence-electron chi connectivity index (χ2n) is 7.24. The van der Waals surface area contributed by atoms with Gasteiger partial charge in [0.2, 0.25) is 11.8 Å². The van der Waals surface area contributed by atoms with E-state index in [1.165, 1.54) is 17.5 Å². The second-order valence-corrected chi connectivity index (χ2v) is 7.24.